The van der Waals surface area contributed by atoms with E-state index in [1.807, 2.05) is 18.2 Å². The van der Waals surface area contributed by atoms with Crippen molar-refractivity contribution >= 4 is 39.5 Å². The number of carbonyl (C=O) groups excluding carboxylic acids is 2. The summed E-state index contributed by atoms with van der Waals surface area (Å²) in [6, 6.07) is 11.0. The highest BCUT2D eigenvalue weighted by atomic mass is 32.1. The fourth-order valence-corrected chi connectivity index (χ4v) is 5.15. The zero-order chi connectivity index (χ0) is 24.2. The Balaban J connectivity index is 1.28. The molecule has 1 aromatic carbocycles. The average molecular weight is 494 g/mol. The standard InChI is InChI=1S/C25H27N5O4S/c1-33-12-13-34-18-2-3-19-17(14-18)16-30(25(19)32)23-5-4-22(35-23)24(31)28-20-15-27-7-6-21(20)29-10-8-26-9-11-29/h2-7,14-15,26H,8-13,16H2,1H3,(H,28,31). The molecule has 2 amide bonds. The summed E-state index contributed by atoms with van der Waals surface area (Å²) in [7, 11) is 1.63. The molecule has 0 bridgehead atoms. The predicted molar refractivity (Wildman–Crippen MR) is 136 cm³/mol. The number of aromatic nitrogens is 1. The van der Waals surface area contributed by atoms with E-state index in [-0.39, 0.29) is 11.8 Å². The van der Waals surface area contributed by atoms with Gasteiger partial charge in [-0.15, -0.1) is 11.3 Å². The molecule has 2 aromatic heterocycles. The van der Waals surface area contributed by atoms with E-state index in [0.717, 1.165) is 42.4 Å². The monoisotopic (exact) mass is 493 g/mol. The van der Waals surface area contributed by atoms with Crippen LogP contribution in [0.5, 0.6) is 5.75 Å². The Morgan fingerprint density at radius 3 is 2.86 bits per heavy atom. The molecule has 0 unspecified atom stereocenters. The Bertz CT molecular complexity index is 1220. The number of pyridine rings is 1. The molecular weight excluding hydrogens is 466 g/mol. The number of hydrogen-bond acceptors (Lipinski definition) is 8. The second kappa shape index (κ2) is 10.4. The third kappa shape index (κ3) is 5.00. The molecular formula is C25H27N5O4S. The van der Waals surface area contributed by atoms with Gasteiger partial charge in [-0.3, -0.25) is 19.5 Å². The average Bonchev–Trinajstić information content (AvgIpc) is 3.50. The molecule has 1 fully saturated rings. The van der Waals surface area contributed by atoms with Gasteiger partial charge in [0.05, 0.1) is 40.6 Å². The third-order valence-corrected chi connectivity index (χ3v) is 7.13. The summed E-state index contributed by atoms with van der Waals surface area (Å²) in [6.07, 6.45) is 3.41. The number of carbonyl (C=O) groups is 2. The first kappa shape index (κ1) is 23.3. The van der Waals surface area contributed by atoms with Gasteiger partial charge >= 0.3 is 0 Å². The number of fused-ring (bicyclic) bond motifs is 1. The molecule has 2 aliphatic heterocycles. The summed E-state index contributed by atoms with van der Waals surface area (Å²) in [5.41, 5.74) is 3.19. The first-order valence-electron chi connectivity index (χ1n) is 11.5. The van der Waals surface area contributed by atoms with Crippen LogP contribution < -0.4 is 25.2 Å². The van der Waals surface area contributed by atoms with Crippen LogP contribution in [-0.2, 0) is 11.3 Å². The lowest BCUT2D eigenvalue weighted by molar-refractivity contribution is 0.0995. The number of ether oxygens (including phenoxy) is 2. The number of amides is 2. The van der Waals surface area contributed by atoms with Crippen molar-refractivity contribution in [1.29, 1.82) is 0 Å². The fourth-order valence-electron chi connectivity index (χ4n) is 4.25. The number of rotatable bonds is 8. The van der Waals surface area contributed by atoms with Crippen molar-refractivity contribution in [1.82, 2.24) is 10.3 Å². The minimum absolute atomic E-state index is 0.0782. The van der Waals surface area contributed by atoms with Crippen LogP contribution in [0.3, 0.4) is 0 Å². The van der Waals surface area contributed by atoms with Gasteiger partial charge in [-0.2, -0.15) is 0 Å². The van der Waals surface area contributed by atoms with Crippen LogP contribution in [-0.4, -0.2) is 63.3 Å². The van der Waals surface area contributed by atoms with Crippen molar-refractivity contribution in [2.45, 2.75) is 6.54 Å². The molecule has 35 heavy (non-hydrogen) atoms. The van der Waals surface area contributed by atoms with Crippen LogP contribution in [0.25, 0.3) is 0 Å². The van der Waals surface area contributed by atoms with E-state index >= 15 is 0 Å². The number of anilines is 3. The van der Waals surface area contributed by atoms with Crippen LogP contribution in [0.2, 0.25) is 0 Å². The van der Waals surface area contributed by atoms with E-state index < -0.39 is 0 Å². The van der Waals surface area contributed by atoms with Crippen molar-refractivity contribution in [3.8, 4) is 5.75 Å². The smallest absolute Gasteiger partial charge is 0.265 e. The minimum atomic E-state index is -0.219. The summed E-state index contributed by atoms with van der Waals surface area (Å²) >= 11 is 1.30. The van der Waals surface area contributed by atoms with E-state index in [9.17, 15) is 9.59 Å². The summed E-state index contributed by atoms with van der Waals surface area (Å²) in [5.74, 6) is 0.410. The van der Waals surface area contributed by atoms with E-state index in [1.165, 1.54) is 11.3 Å². The van der Waals surface area contributed by atoms with Crippen molar-refractivity contribution in [2.75, 3.05) is 61.6 Å². The molecule has 10 heteroatoms. The predicted octanol–water partition coefficient (Wildman–Crippen LogP) is 2.99. The second-order valence-corrected chi connectivity index (χ2v) is 9.34. The fraction of sp³-hybridized carbons (Fsp3) is 0.320. The summed E-state index contributed by atoms with van der Waals surface area (Å²) < 4.78 is 10.7. The zero-order valence-electron chi connectivity index (χ0n) is 19.5. The van der Waals surface area contributed by atoms with E-state index in [2.05, 4.69) is 20.5 Å². The lowest BCUT2D eigenvalue weighted by Crippen LogP contribution is -2.43. The number of nitrogens with zero attached hydrogens (tertiary/aromatic N) is 3. The van der Waals surface area contributed by atoms with Gasteiger partial charge in [-0.25, -0.2) is 0 Å². The highest BCUT2D eigenvalue weighted by Crippen LogP contribution is 2.35. The number of hydrogen-bond donors (Lipinski definition) is 2. The highest BCUT2D eigenvalue weighted by molar-refractivity contribution is 7.18. The molecule has 5 rings (SSSR count). The van der Waals surface area contributed by atoms with Gasteiger partial charge in [-0.05, 0) is 42.0 Å². The highest BCUT2D eigenvalue weighted by Gasteiger charge is 2.30. The minimum Gasteiger partial charge on any atom is -0.491 e. The first-order chi connectivity index (χ1) is 17.1. The zero-order valence-corrected chi connectivity index (χ0v) is 20.3. The van der Waals surface area contributed by atoms with Gasteiger partial charge in [0, 0.05) is 45.0 Å². The van der Waals surface area contributed by atoms with Crippen molar-refractivity contribution in [2.24, 2.45) is 0 Å². The normalized spacial score (nSPS) is 15.3. The second-order valence-electron chi connectivity index (χ2n) is 8.27. The van der Waals surface area contributed by atoms with Crippen LogP contribution in [0.4, 0.5) is 16.4 Å². The molecule has 2 aliphatic rings. The number of methoxy groups -OCH3 is 1. The topological polar surface area (TPSA) is 96.0 Å². The Morgan fingerprint density at radius 1 is 1.17 bits per heavy atom. The molecule has 0 saturated carbocycles. The molecule has 1 saturated heterocycles. The van der Waals surface area contributed by atoms with Crippen LogP contribution in [0, 0.1) is 0 Å². The van der Waals surface area contributed by atoms with Gasteiger partial charge in [0.15, 0.2) is 0 Å². The van der Waals surface area contributed by atoms with Gasteiger partial charge in [0.25, 0.3) is 11.8 Å². The van der Waals surface area contributed by atoms with Crippen molar-refractivity contribution in [3.63, 3.8) is 0 Å². The maximum Gasteiger partial charge on any atom is 0.265 e. The quantitative estimate of drug-likeness (QED) is 0.466. The van der Waals surface area contributed by atoms with Gasteiger partial charge in [0.2, 0.25) is 0 Å². The van der Waals surface area contributed by atoms with Crippen LogP contribution in [0.1, 0.15) is 25.6 Å². The molecule has 0 radical (unpaired) electrons. The van der Waals surface area contributed by atoms with Gasteiger partial charge in [-0.1, -0.05) is 0 Å². The maximum atomic E-state index is 13.1. The molecule has 4 heterocycles. The number of benzene rings is 1. The Morgan fingerprint density at radius 2 is 2.03 bits per heavy atom. The van der Waals surface area contributed by atoms with E-state index in [4.69, 9.17) is 9.47 Å². The largest absolute Gasteiger partial charge is 0.491 e. The number of thiophene rings is 1. The molecule has 9 nitrogen and oxygen atoms in total. The summed E-state index contributed by atoms with van der Waals surface area (Å²) in [5, 5.41) is 7.07. The number of piperazine rings is 1. The molecule has 182 valence electrons. The van der Waals surface area contributed by atoms with Crippen LogP contribution in [0.15, 0.2) is 48.8 Å². The molecule has 2 N–H and O–H groups in total. The van der Waals surface area contributed by atoms with Crippen molar-refractivity contribution < 1.29 is 19.1 Å². The Kier molecular flexibility index (Phi) is 6.94. The molecule has 0 spiro atoms. The van der Waals surface area contributed by atoms with Gasteiger partial charge in [0.1, 0.15) is 12.4 Å². The summed E-state index contributed by atoms with van der Waals surface area (Å²) in [6.45, 7) is 4.92. The summed E-state index contributed by atoms with van der Waals surface area (Å²) in [4.78, 5) is 34.7. The molecule has 0 atom stereocenters. The lowest BCUT2D eigenvalue weighted by Gasteiger charge is -2.30. The van der Waals surface area contributed by atoms with E-state index in [0.29, 0.717) is 41.6 Å². The third-order valence-electron chi connectivity index (χ3n) is 6.02. The molecule has 3 aromatic rings. The first-order valence-corrected chi connectivity index (χ1v) is 12.3. The lowest BCUT2D eigenvalue weighted by atomic mass is 10.1. The van der Waals surface area contributed by atoms with Gasteiger partial charge < -0.3 is 25.0 Å². The SMILES string of the molecule is COCCOc1ccc2c(c1)CN(c1ccc(C(=O)Nc3cnccc3N3CCNCC3)s1)C2=O. The Hall–Kier alpha value is -3.47. The van der Waals surface area contributed by atoms with Crippen LogP contribution >= 0.6 is 11.3 Å². The van der Waals surface area contributed by atoms with E-state index in [1.54, 1.807) is 42.6 Å². The van der Waals surface area contributed by atoms with Crippen molar-refractivity contribution in [3.05, 3.63) is 64.8 Å². The number of nitrogens with one attached hydrogen (secondary N) is 2. The Labute approximate surface area is 207 Å². The maximum absolute atomic E-state index is 13.1. The molecule has 0 aliphatic carbocycles.